The molecule has 1 N–H and O–H groups in total. The molecule has 9 heteroatoms. The smallest absolute Gasteiger partial charge is 0.322 e. The van der Waals surface area contributed by atoms with Crippen molar-refractivity contribution in [1.29, 1.82) is 0 Å². The Labute approximate surface area is 194 Å². The molecule has 3 aromatic rings. The fraction of sp³-hybridized carbons (Fsp3) is 0.375. The van der Waals surface area contributed by atoms with Gasteiger partial charge in [0.1, 0.15) is 6.04 Å². The van der Waals surface area contributed by atoms with E-state index in [0.29, 0.717) is 31.1 Å². The molecular formula is C24H28N4O4S. The average molecular weight is 469 g/mol. The Bertz CT molecular complexity index is 1220. The molecular weight excluding hydrogens is 440 g/mol. The van der Waals surface area contributed by atoms with Crippen LogP contribution in [0.15, 0.2) is 57.8 Å². The van der Waals surface area contributed by atoms with E-state index in [-0.39, 0.29) is 17.5 Å². The van der Waals surface area contributed by atoms with Crippen LogP contribution in [-0.2, 0) is 21.2 Å². The second kappa shape index (κ2) is 9.44. The van der Waals surface area contributed by atoms with Crippen LogP contribution in [-0.4, -0.2) is 41.4 Å². The number of carbonyl (C=O) groups excluding carboxylic acids is 1. The summed E-state index contributed by atoms with van der Waals surface area (Å²) in [6.45, 7) is 6.45. The summed E-state index contributed by atoms with van der Waals surface area (Å²) in [5.41, 5.74) is 3.23. The van der Waals surface area contributed by atoms with E-state index in [1.165, 1.54) is 9.87 Å². The largest absolute Gasteiger partial charge is 0.407 e. The second-order valence-electron chi connectivity index (χ2n) is 8.65. The SMILES string of the molecule is Cc1ccc(S(=O)(=O)N2CCCC2C(=O)Nc2nnc(Cc3ccc(C(C)C)cc3)o2)cc1. The van der Waals surface area contributed by atoms with Crippen molar-refractivity contribution >= 4 is 21.9 Å². The van der Waals surface area contributed by atoms with Gasteiger partial charge in [-0.15, -0.1) is 5.10 Å². The van der Waals surface area contributed by atoms with Crippen molar-refractivity contribution in [2.75, 3.05) is 11.9 Å². The lowest BCUT2D eigenvalue weighted by atomic mass is 10.0. The van der Waals surface area contributed by atoms with Crippen molar-refractivity contribution in [3.05, 3.63) is 71.1 Å². The number of nitrogens with zero attached hydrogens (tertiary/aromatic N) is 3. The average Bonchev–Trinajstić information content (AvgIpc) is 3.44. The molecule has 1 aromatic heterocycles. The van der Waals surface area contributed by atoms with Gasteiger partial charge in [-0.1, -0.05) is 60.9 Å². The van der Waals surface area contributed by atoms with Gasteiger partial charge in [-0.25, -0.2) is 8.42 Å². The Morgan fingerprint density at radius 2 is 1.82 bits per heavy atom. The number of amides is 1. The lowest BCUT2D eigenvalue weighted by Crippen LogP contribution is -2.43. The second-order valence-corrected chi connectivity index (χ2v) is 10.5. The third-order valence-electron chi connectivity index (χ3n) is 5.83. The van der Waals surface area contributed by atoms with Gasteiger partial charge < -0.3 is 4.42 Å². The molecule has 1 saturated heterocycles. The molecule has 1 aliphatic rings. The van der Waals surface area contributed by atoms with Gasteiger partial charge >= 0.3 is 6.01 Å². The first-order valence-electron chi connectivity index (χ1n) is 11.0. The standard InChI is InChI=1S/C24H28N4O4S/c1-16(2)19-10-8-18(9-11-19)15-22-26-27-24(32-22)25-23(29)21-5-4-14-28(21)33(30,31)20-12-6-17(3)7-13-20/h6-13,16,21H,4-5,14-15H2,1-3H3,(H,25,27,29). The first-order chi connectivity index (χ1) is 15.7. The zero-order valence-corrected chi connectivity index (χ0v) is 19.8. The van der Waals surface area contributed by atoms with E-state index in [1.54, 1.807) is 24.3 Å². The highest BCUT2D eigenvalue weighted by molar-refractivity contribution is 7.89. The topological polar surface area (TPSA) is 105 Å². The van der Waals surface area contributed by atoms with Crippen LogP contribution in [0.3, 0.4) is 0 Å². The predicted octanol–water partition coefficient (Wildman–Crippen LogP) is 3.88. The number of sulfonamides is 1. The van der Waals surface area contributed by atoms with Gasteiger partial charge in [0.05, 0.1) is 11.3 Å². The number of benzene rings is 2. The van der Waals surface area contributed by atoms with Crippen LogP contribution in [0.4, 0.5) is 6.01 Å². The molecule has 1 fully saturated rings. The summed E-state index contributed by atoms with van der Waals surface area (Å²) in [6, 6.07) is 13.9. The van der Waals surface area contributed by atoms with E-state index < -0.39 is 22.0 Å². The van der Waals surface area contributed by atoms with E-state index in [9.17, 15) is 13.2 Å². The number of carbonyl (C=O) groups is 1. The summed E-state index contributed by atoms with van der Waals surface area (Å²) in [6.07, 6.45) is 1.48. The zero-order valence-electron chi connectivity index (χ0n) is 19.0. The van der Waals surface area contributed by atoms with Crippen LogP contribution >= 0.6 is 0 Å². The third-order valence-corrected chi connectivity index (χ3v) is 7.76. The number of aryl methyl sites for hydroxylation is 1. The van der Waals surface area contributed by atoms with Gasteiger partial charge in [0.2, 0.25) is 21.8 Å². The highest BCUT2D eigenvalue weighted by Crippen LogP contribution is 2.27. The van der Waals surface area contributed by atoms with E-state index in [4.69, 9.17) is 4.42 Å². The third kappa shape index (κ3) is 5.15. The predicted molar refractivity (Wildman–Crippen MR) is 124 cm³/mol. The Morgan fingerprint density at radius 1 is 1.12 bits per heavy atom. The molecule has 2 aromatic carbocycles. The van der Waals surface area contributed by atoms with Crippen LogP contribution in [0, 0.1) is 6.92 Å². The molecule has 0 spiro atoms. The molecule has 0 saturated carbocycles. The van der Waals surface area contributed by atoms with Crippen LogP contribution in [0.5, 0.6) is 0 Å². The van der Waals surface area contributed by atoms with E-state index in [1.807, 2.05) is 19.1 Å². The molecule has 4 rings (SSSR count). The quantitative estimate of drug-likeness (QED) is 0.564. The van der Waals surface area contributed by atoms with Gasteiger partial charge in [-0.2, -0.15) is 4.31 Å². The zero-order chi connectivity index (χ0) is 23.6. The highest BCUT2D eigenvalue weighted by Gasteiger charge is 2.39. The molecule has 0 aliphatic carbocycles. The van der Waals surface area contributed by atoms with Gasteiger partial charge in [0.25, 0.3) is 0 Å². The normalized spacial score (nSPS) is 16.9. The van der Waals surface area contributed by atoms with Crippen molar-refractivity contribution in [3.8, 4) is 0 Å². The minimum Gasteiger partial charge on any atom is -0.407 e. The van der Waals surface area contributed by atoms with Gasteiger partial charge in [-0.3, -0.25) is 10.1 Å². The maximum atomic E-state index is 13.1. The number of anilines is 1. The van der Waals surface area contributed by atoms with Crippen LogP contribution in [0.25, 0.3) is 0 Å². The van der Waals surface area contributed by atoms with Crippen LogP contribution in [0.2, 0.25) is 0 Å². The fourth-order valence-electron chi connectivity index (χ4n) is 3.89. The maximum absolute atomic E-state index is 13.1. The van der Waals surface area contributed by atoms with Crippen molar-refractivity contribution in [1.82, 2.24) is 14.5 Å². The van der Waals surface area contributed by atoms with E-state index >= 15 is 0 Å². The Morgan fingerprint density at radius 3 is 2.48 bits per heavy atom. The first-order valence-corrected chi connectivity index (χ1v) is 12.5. The molecule has 0 bridgehead atoms. The van der Waals surface area contributed by atoms with Crippen molar-refractivity contribution in [3.63, 3.8) is 0 Å². The molecule has 1 amide bonds. The summed E-state index contributed by atoms with van der Waals surface area (Å²) in [7, 11) is -3.78. The summed E-state index contributed by atoms with van der Waals surface area (Å²) < 4.78 is 33.0. The molecule has 174 valence electrons. The number of hydrogen-bond acceptors (Lipinski definition) is 6. The highest BCUT2D eigenvalue weighted by atomic mass is 32.2. The maximum Gasteiger partial charge on any atom is 0.322 e. The molecule has 1 unspecified atom stereocenters. The van der Waals surface area contributed by atoms with Crippen molar-refractivity contribution in [2.24, 2.45) is 0 Å². The number of rotatable bonds is 7. The summed E-state index contributed by atoms with van der Waals surface area (Å²) in [4.78, 5) is 13.1. The van der Waals surface area contributed by atoms with Gasteiger partial charge in [0, 0.05) is 6.54 Å². The van der Waals surface area contributed by atoms with Crippen molar-refractivity contribution in [2.45, 2.75) is 56.9 Å². The van der Waals surface area contributed by atoms with Crippen LogP contribution in [0.1, 0.15) is 55.2 Å². The summed E-state index contributed by atoms with van der Waals surface area (Å²) in [5.74, 6) is 0.354. The Balaban J connectivity index is 1.42. The monoisotopic (exact) mass is 468 g/mol. The summed E-state index contributed by atoms with van der Waals surface area (Å²) in [5, 5.41) is 10.5. The molecule has 1 atom stereocenters. The van der Waals surface area contributed by atoms with Gasteiger partial charge in [-0.05, 0) is 48.9 Å². The van der Waals surface area contributed by atoms with E-state index in [0.717, 1.165) is 11.1 Å². The first kappa shape index (κ1) is 23.1. The molecule has 33 heavy (non-hydrogen) atoms. The molecule has 2 heterocycles. The number of aromatic nitrogens is 2. The molecule has 8 nitrogen and oxygen atoms in total. The fourth-order valence-corrected chi connectivity index (χ4v) is 5.55. The van der Waals surface area contributed by atoms with E-state index in [2.05, 4.69) is 41.5 Å². The minimum atomic E-state index is -3.78. The minimum absolute atomic E-state index is 0.0339. The summed E-state index contributed by atoms with van der Waals surface area (Å²) >= 11 is 0. The number of nitrogens with one attached hydrogen (secondary N) is 1. The molecule has 1 aliphatic heterocycles. The lowest BCUT2D eigenvalue weighted by molar-refractivity contribution is -0.119. The Kier molecular flexibility index (Phi) is 6.62. The number of hydrogen-bond donors (Lipinski definition) is 1. The van der Waals surface area contributed by atoms with Crippen molar-refractivity contribution < 1.29 is 17.6 Å². The molecule has 0 radical (unpaired) electrons. The van der Waals surface area contributed by atoms with Crippen LogP contribution < -0.4 is 5.32 Å². The Hall–Kier alpha value is -3.04. The lowest BCUT2D eigenvalue weighted by Gasteiger charge is -2.22. The van der Waals surface area contributed by atoms with Gasteiger partial charge in [0.15, 0.2) is 0 Å².